The average molecular weight is 636 g/mol. The zero-order chi connectivity index (χ0) is 37.1. The summed E-state index contributed by atoms with van der Waals surface area (Å²) in [6.07, 6.45) is 0. The molecular weight excluding hydrogens is 601 g/mol. The van der Waals surface area contributed by atoms with Crippen molar-refractivity contribution in [3.63, 3.8) is 0 Å². The zero-order valence-corrected chi connectivity index (χ0v) is 26.9. The van der Waals surface area contributed by atoms with E-state index >= 15 is 0 Å². The standard InChI is InChI=1S/C50H30/c1-2-8-31(9-3-1)38-28-39(30-40(29-38)42-24-20-36-18-16-32-10-6-12-34-22-26-45(42)49(36)47(32)34)41-14-4-5-15-43(41)44-25-21-37-19-17-33-11-7-13-35-23-27-46(44)50(37)48(33)35/h1-30H/i1D,2D,3D,8D,9D. The van der Waals surface area contributed by atoms with Gasteiger partial charge in [0.25, 0.3) is 0 Å². The van der Waals surface area contributed by atoms with Crippen molar-refractivity contribution in [1.82, 2.24) is 0 Å². The molecule has 0 amide bonds. The lowest BCUT2D eigenvalue weighted by Gasteiger charge is -2.18. The van der Waals surface area contributed by atoms with Crippen LogP contribution in [0.1, 0.15) is 6.85 Å². The Morgan fingerprint density at radius 1 is 0.280 bits per heavy atom. The molecule has 11 aromatic rings. The molecule has 0 aliphatic carbocycles. The lowest BCUT2D eigenvalue weighted by atomic mass is 9.85. The van der Waals surface area contributed by atoms with Gasteiger partial charge < -0.3 is 0 Å². The first-order valence-electron chi connectivity index (χ1n) is 19.5. The van der Waals surface area contributed by atoms with Gasteiger partial charge in [-0.15, -0.1) is 0 Å². The molecular formula is C50H30. The maximum absolute atomic E-state index is 8.99. The van der Waals surface area contributed by atoms with Crippen molar-refractivity contribution >= 4 is 64.6 Å². The van der Waals surface area contributed by atoms with Crippen molar-refractivity contribution in [2.75, 3.05) is 0 Å². The van der Waals surface area contributed by atoms with Crippen LogP contribution in [0.25, 0.3) is 109 Å². The van der Waals surface area contributed by atoms with Gasteiger partial charge in [0.05, 0.1) is 6.85 Å². The van der Waals surface area contributed by atoms with Crippen molar-refractivity contribution in [1.29, 1.82) is 0 Å². The van der Waals surface area contributed by atoms with Crippen molar-refractivity contribution in [2.24, 2.45) is 0 Å². The van der Waals surface area contributed by atoms with E-state index in [2.05, 4.69) is 133 Å². The maximum Gasteiger partial charge on any atom is 0.0629 e. The molecule has 11 rings (SSSR count). The fraction of sp³-hybridized carbons (Fsp3) is 0. The molecule has 230 valence electrons. The van der Waals surface area contributed by atoms with Crippen LogP contribution in [0.3, 0.4) is 0 Å². The van der Waals surface area contributed by atoms with Gasteiger partial charge in [-0.3, -0.25) is 0 Å². The molecule has 0 unspecified atom stereocenters. The van der Waals surface area contributed by atoms with E-state index in [1.807, 2.05) is 18.2 Å². The Bertz CT molecular complexity index is 3320. The van der Waals surface area contributed by atoms with Gasteiger partial charge in [0, 0.05) is 0 Å². The normalized spacial score (nSPS) is 13.4. The molecule has 0 radical (unpaired) electrons. The van der Waals surface area contributed by atoms with Crippen molar-refractivity contribution < 1.29 is 6.85 Å². The van der Waals surface area contributed by atoms with Crippen LogP contribution < -0.4 is 0 Å². The highest BCUT2D eigenvalue weighted by Gasteiger charge is 2.18. The summed E-state index contributed by atoms with van der Waals surface area (Å²) >= 11 is 0. The van der Waals surface area contributed by atoms with Crippen molar-refractivity contribution in [3.8, 4) is 44.5 Å². The van der Waals surface area contributed by atoms with E-state index in [-0.39, 0.29) is 29.7 Å². The van der Waals surface area contributed by atoms with E-state index in [1.54, 1.807) is 0 Å². The van der Waals surface area contributed by atoms with E-state index in [9.17, 15) is 0 Å². The third kappa shape index (κ3) is 4.00. The van der Waals surface area contributed by atoms with Crippen molar-refractivity contribution in [2.45, 2.75) is 0 Å². The number of hydrogen-bond acceptors (Lipinski definition) is 0. The predicted molar refractivity (Wildman–Crippen MR) is 216 cm³/mol. The van der Waals surface area contributed by atoms with E-state index < -0.39 is 6.04 Å². The summed E-state index contributed by atoms with van der Waals surface area (Å²) in [6, 6.07) is 52.2. The van der Waals surface area contributed by atoms with E-state index in [0.717, 1.165) is 44.2 Å². The highest BCUT2D eigenvalue weighted by Crippen LogP contribution is 2.45. The molecule has 50 heavy (non-hydrogen) atoms. The van der Waals surface area contributed by atoms with Crippen LogP contribution in [0.4, 0.5) is 0 Å². The van der Waals surface area contributed by atoms with E-state index in [1.165, 1.54) is 53.9 Å². The second-order valence-corrected chi connectivity index (χ2v) is 13.3. The molecule has 0 aromatic heterocycles. The second kappa shape index (κ2) is 10.5. The summed E-state index contributed by atoms with van der Waals surface area (Å²) in [4.78, 5) is 0. The number of hydrogen-bond donors (Lipinski definition) is 0. The van der Waals surface area contributed by atoms with Gasteiger partial charge in [0.2, 0.25) is 0 Å². The molecule has 0 saturated carbocycles. The van der Waals surface area contributed by atoms with Gasteiger partial charge in [-0.1, -0.05) is 164 Å². The Labute approximate surface area is 297 Å². The third-order valence-electron chi connectivity index (χ3n) is 10.6. The molecule has 0 aliphatic rings. The Kier molecular flexibility index (Phi) is 4.82. The lowest BCUT2D eigenvalue weighted by molar-refractivity contribution is 1.57. The summed E-state index contributed by atoms with van der Waals surface area (Å²) in [7, 11) is 0. The van der Waals surface area contributed by atoms with Crippen LogP contribution >= 0.6 is 0 Å². The molecule has 11 aromatic carbocycles. The first kappa shape index (κ1) is 23.0. The van der Waals surface area contributed by atoms with Gasteiger partial charge in [0.15, 0.2) is 0 Å². The molecule has 0 spiro atoms. The Balaban J connectivity index is 1.21. The van der Waals surface area contributed by atoms with Gasteiger partial charge in [-0.05, 0) is 127 Å². The number of benzene rings is 11. The smallest absolute Gasteiger partial charge is 0.0622 e. The minimum absolute atomic E-state index is 0.187. The Morgan fingerprint density at radius 3 is 1.32 bits per heavy atom. The van der Waals surface area contributed by atoms with E-state index in [0.29, 0.717) is 5.56 Å². The van der Waals surface area contributed by atoms with Gasteiger partial charge in [0.1, 0.15) is 0 Å². The molecule has 0 atom stereocenters. The molecule has 0 bridgehead atoms. The highest BCUT2D eigenvalue weighted by atomic mass is 14.2. The molecule has 0 N–H and O–H groups in total. The van der Waals surface area contributed by atoms with Crippen LogP contribution in [-0.2, 0) is 0 Å². The van der Waals surface area contributed by atoms with Crippen LogP contribution in [0, 0.1) is 0 Å². The summed E-state index contributed by atoms with van der Waals surface area (Å²) in [5.41, 5.74) is 6.73. The molecule has 0 heteroatoms. The van der Waals surface area contributed by atoms with Crippen LogP contribution in [0.15, 0.2) is 182 Å². The molecule has 0 nitrogen and oxygen atoms in total. The SMILES string of the molecule is [2H]c1c([2H])c([2H])c(-c2cc(-c3ccccc3-c3ccc4ccc5cccc6ccc3c4c56)cc(-c3ccc4ccc5cccc6ccc3c4c56)c2)c([2H])c1[2H]. The van der Waals surface area contributed by atoms with Crippen LogP contribution in [0.5, 0.6) is 0 Å². The van der Waals surface area contributed by atoms with Crippen molar-refractivity contribution in [3.05, 3.63) is 182 Å². The number of rotatable bonds is 4. The van der Waals surface area contributed by atoms with Crippen LogP contribution in [-0.4, -0.2) is 0 Å². The average Bonchev–Trinajstić information content (AvgIpc) is 3.23. The van der Waals surface area contributed by atoms with Gasteiger partial charge in [-0.25, -0.2) is 0 Å². The Hall–Kier alpha value is -6.50. The third-order valence-corrected chi connectivity index (χ3v) is 10.6. The summed E-state index contributed by atoms with van der Waals surface area (Å²) in [6.45, 7) is 0. The minimum atomic E-state index is -0.402. The molecule has 0 fully saturated rings. The monoisotopic (exact) mass is 635 g/mol. The molecule has 0 saturated heterocycles. The molecule has 0 aliphatic heterocycles. The van der Waals surface area contributed by atoms with Gasteiger partial charge >= 0.3 is 0 Å². The quantitative estimate of drug-likeness (QED) is 0.169. The van der Waals surface area contributed by atoms with E-state index in [4.69, 9.17) is 6.85 Å². The second-order valence-electron chi connectivity index (χ2n) is 13.3. The largest absolute Gasteiger partial charge is 0.0629 e. The zero-order valence-electron chi connectivity index (χ0n) is 31.9. The first-order chi connectivity index (χ1) is 26.9. The van der Waals surface area contributed by atoms with Gasteiger partial charge in [-0.2, -0.15) is 0 Å². The van der Waals surface area contributed by atoms with Crippen LogP contribution in [0.2, 0.25) is 0 Å². The minimum Gasteiger partial charge on any atom is -0.0622 e. The summed E-state index contributed by atoms with van der Waals surface area (Å²) < 4.78 is 43.4. The highest BCUT2D eigenvalue weighted by molar-refractivity contribution is 6.27. The fourth-order valence-corrected chi connectivity index (χ4v) is 8.40. The first-order valence-corrected chi connectivity index (χ1v) is 17.0. The predicted octanol–water partition coefficient (Wildman–Crippen LogP) is 14.1. The fourth-order valence-electron chi connectivity index (χ4n) is 8.40. The molecule has 0 heterocycles. The lowest BCUT2D eigenvalue weighted by Crippen LogP contribution is -1.92. The maximum atomic E-state index is 8.99. The summed E-state index contributed by atoms with van der Waals surface area (Å²) in [5.74, 6) is 0. The topological polar surface area (TPSA) is 0 Å². The summed E-state index contributed by atoms with van der Waals surface area (Å²) in [5, 5.41) is 14.3. The Morgan fingerprint density at radius 2 is 0.720 bits per heavy atom.